The lowest BCUT2D eigenvalue weighted by Crippen LogP contribution is -2.15. The van der Waals surface area contributed by atoms with Crippen molar-refractivity contribution < 1.29 is 14.3 Å². The Kier molecular flexibility index (Phi) is 6.17. The normalized spacial score (nSPS) is 13.1. The zero-order valence-corrected chi connectivity index (χ0v) is 15.5. The summed E-state index contributed by atoms with van der Waals surface area (Å²) in [7, 11) is 0. The van der Waals surface area contributed by atoms with Crippen molar-refractivity contribution in [3.8, 4) is 5.75 Å². The molecule has 0 radical (unpaired) electrons. The van der Waals surface area contributed by atoms with Crippen LogP contribution in [0, 0.1) is 5.92 Å². The molecule has 0 bridgehead atoms. The molecule has 0 spiro atoms. The van der Waals surface area contributed by atoms with Crippen molar-refractivity contribution in [1.29, 1.82) is 0 Å². The Morgan fingerprint density at radius 2 is 1.92 bits per heavy atom. The molecule has 2 N–H and O–H groups in total. The van der Waals surface area contributed by atoms with E-state index in [4.69, 9.17) is 4.74 Å². The van der Waals surface area contributed by atoms with Gasteiger partial charge in [0.25, 0.3) is 0 Å². The molecule has 3 rings (SSSR count). The number of hydrogen-bond acceptors (Lipinski definition) is 4. The van der Waals surface area contributed by atoms with Crippen LogP contribution in [0.1, 0.15) is 19.8 Å². The Morgan fingerprint density at radius 1 is 1.12 bits per heavy atom. The van der Waals surface area contributed by atoms with Gasteiger partial charge in [0.15, 0.2) is 0 Å². The molecule has 1 saturated carbocycles. The van der Waals surface area contributed by atoms with E-state index in [1.165, 1.54) is 11.8 Å². The molecule has 0 atom stereocenters. The van der Waals surface area contributed by atoms with Gasteiger partial charge in [-0.05, 0) is 50.1 Å². The Balaban J connectivity index is 1.53. The van der Waals surface area contributed by atoms with Crippen LogP contribution in [0.4, 0.5) is 11.4 Å². The summed E-state index contributed by atoms with van der Waals surface area (Å²) in [6, 6.07) is 15.0. The van der Waals surface area contributed by atoms with Crippen LogP contribution in [-0.4, -0.2) is 24.2 Å². The maximum absolute atomic E-state index is 12.2. The second kappa shape index (κ2) is 8.76. The smallest absolute Gasteiger partial charge is 0.234 e. The lowest BCUT2D eigenvalue weighted by Gasteiger charge is -2.11. The highest BCUT2D eigenvalue weighted by atomic mass is 32.2. The van der Waals surface area contributed by atoms with Crippen LogP contribution in [0.25, 0.3) is 0 Å². The monoisotopic (exact) mass is 370 g/mol. The van der Waals surface area contributed by atoms with E-state index in [1.807, 2.05) is 55.5 Å². The molecule has 2 aromatic carbocycles. The van der Waals surface area contributed by atoms with E-state index in [9.17, 15) is 9.59 Å². The largest absolute Gasteiger partial charge is 0.492 e. The van der Waals surface area contributed by atoms with Crippen molar-refractivity contribution in [2.75, 3.05) is 23.0 Å². The molecule has 26 heavy (non-hydrogen) atoms. The molecule has 0 unspecified atom stereocenters. The van der Waals surface area contributed by atoms with E-state index >= 15 is 0 Å². The number of carbonyl (C=O) groups excluding carboxylic acids is 2. The van der Waals surface area contributed by atoms with E-state index in [0.29, 0.717) is 18.0 Å². The van der Waals surface area contributed by atoms with Gasteiger partial charge in [0, 0.05) is 16.5 Å². The molecule has 5 nitrogen and oxygen atoms in total. The van der Waals surface area contributed by atoms with Crippen molar-refractivity contribution in [2.45, 2.75) is 24.7 Å². The van der Waals surface area contributed by atoms with E-state index in [-0.39, 0.29) is 23.5 Å². The van der Waals surface area contributed by atoms with Gasteiger partial charge in [-0.3, -0.25) is 9.59 Å². The summed E-state index contributed by atoms with van der Waals surface area (Å²) >= 11 is 1.43. The Bertz CT molecular complexity index is 790. The molecule has 1 aliphatic carbocycles. The molecule has 0 aliphatic heterocycles. The minimum Gasteiger partial charge on any atom is -0.492 e. The first kappa shape index (κ1) is 18.3. The van der Waals surface area contributed by atoms with E-state index in [0.717, 1.165) is 23.4 Å². The number of thioether (sulfide) groups is 1. The van der Waals surface area contributed by atoms with Gasteiger partial charge in [0.2, 0.25) is 11.8 Å². The van der Waals surface area contributed by atoms with Gasteiger partial charge in [-0.25, -0.2) is 0 Å². The van der Waals surface area contributed by atoms with Crippen LogP contribution < -0.4 is 15.4 Å². The van der Waals surface area contributed by atoms with Crippen LogP contribution in [-0.2, 0) is 9.59 Å². The fourth-order valence-electron chi connectivity index (χ4n) is 2.44. The van der Waals surface area contributed by atoms with E-state index in [2.05, 4.69) is 10.6 Å². The fourth-order valence-corrected chi connectivity index (χ4v) is 3.19. The molecule has 0 aromatic heterocycles. The average molecular weight is 370 g/mol. The average Bonchev–Trinajstić information content (AvgIpc) is 3.47. The van der Waals surface area contributed by atoms with Gasteiger partial charge < -0.3 is 15.4 Å². The molecule has 2 aromatic rings. The minimum atomic E-state index is -0.102. The maximum atomic E-state index is 12.2. The summed E-state index contributed by atoms with van der Waals surface area (Å²) in [4.78, 5) is 25.0. The van der Waals surface area contributed by atoms with Gasteiger partial charge in [0.05, 0.1) is 18.0 Å². The number of benzene rings is 2. The van der Waals surface area contributed by atoms with Gasteiger partial charge in [0.1, 0.15) is 5.75 Å². The van der Waals surface area contributed by atoms with Crippen LogP contribution in [0.15, 0.2) is 53.4 Å². The first-order valence-corrected chi connectivity index (χ1v) is 9.69. The summed E-state index contributed by atoms with van der Waals surface area (Å²) in [5, 5.41) is 5.80. The minimum absolute atomic E-state index is 0.0809. The standard InChI is InChI=1S/C20H22N2O3S/c1-2-25-18-9-4-3-8-17(18)22-19(23)13-26-16-7-5-6-15(12-16)21-20(24)14-10-11-14/h3-9,12,14H,2,10-11,13H2,1H3,(H,21,24)(H,22,23). The van der Waals surface area contributed by atoms with Crippen LogP contribution in [0.3, 0.4) is 0 Å². The highest BCUT2D eigenvalue weighted by Crippen LogP contribution is 2.31. The van der Waals surface area contributed by atoms with Gasteiger partial charge in [-0.15, -0.1) is 11.8 Å². The number of carbonyl (C=O) groups is 2. The number of rotatable bonds is 8. The first-order chi connectivity index (χ1) is 12.7. The summed E-state index contributed by atoms with van der Waals surface area (Å²) in [5.41, 5.74) is 1.44. The molecule has 1 fully saturated rings. The number of amides is 2. The lowest BCUT2D eigenvalue weighted by atomic mass is 10.3. The molecule has 2 amide bonds. The van der Waals surface area contributed by atoms with Crippen LogP contribution in [0.5, 0.6) is 5.75 Å². The summed E-state index contributed by atoms with van der Waals surface area (Å²) in [6.07, 6.45) is 1.95. The van der Waals surface area contributed by atoms with Crippen molar-refractivity contribution in [3.05, 3.63) is 48.5 Å². The third kappa shape index (κ3) is 5.26. The van der Waals surface area contributed by atoms with Crippen LogP contribution in [0.2, 0.25) is 0 Å². The molecule has 136 valence electrons. The zero-order valence-electron chi connectivity index (χ0n) is 14.7. The Morgan fingerprint density at radius 3 is 2.69 bits per heavy atom. The van der Waals surface area contributed by atoms with Crippen LogP contribution >= 0.6 is 11.8 Å². The van der Waals surface area contributed by atoms with Crippen molar-refractivity contribution in [1.82, 2.24) is 0 Å². The van der Waals surface area contributed by atoms with Crippen molar-refractivity contribution >= 4 is 35.0 Å². The number of anilines is 2. The summed E-state index contributed by atoms with van der Waals surface area (Å²) in [5.74, 6) is 1.09. The van der Waals surface area contributed by atoms with Gasteiger partial charge in [-0.1, -0.05) is 18.2 Å². The highest BCUT2D eigenvalue weighted by molar-refractivity contribution is 8.00. The highest BCUT2D eigenvalue weighted by Gasteiger charge is 2.29. The third-order valence-electron chi connectivity index (χ3n) is 3.88. The lowest BCUT2D eigenvalue weighted by molar-refractivity contribution is -0.117. The number of ether oxygens (including phenoxy) is 1. The van der Waals surface area contributed by atoms with Gasteiger partial charge in [-0.2, -0.15) is 0 Å². The molecule has 0 heterocycles. The van der Waals surface area contributed by atoms with E-state index in [1.54, 1.807) is 0 Å². The fraction of sp³-hybridized carbons (Fsp3) is 0.300. The quantitative estimate of drug-likeness (QED) is 0.685. The van der Waals surface area contributed by atoms with E-state index < -0.39 is 0 Å². The molecule has 0 saturated heterocycles. The van der Waals surface area contributed by atoms with Crippen molar-refractivity contribution in [3.63, 3.8) is 0 Å². The first-order valence-electron chi connectivity index (χ1n) is 8.71. The maximum Gasteiger partial charge on any atom is 0.234 e. The molecular weight excluding hydrogens is 348 g/mol. The molecule has 1 aliphatic rings. The number of nitrogens with one attached hydrogen (secondary N) is 2. The second-order valence-electron chi connectivity index (χ2n) is 6.06. The third-order valence-corrected chi connectivity index (χ3v) is 4.87. The number of para-hydroxylation sites is 2. The molecule has 6 heteroatoms. The van der Waals surface area contributed by atoms with Gasteiger partial charge >= 0.3 is 0 Å². The summed E-state index contributed by atoms with van der Waals surface area (Å²) < 4.78 is 5.52. The van der Waals surface area contributed by atoms with Crippen molar-refractivity contribution in [2.24, 2.45) is 5.92 Å². The SMILES string of the molecule is CCOc1ccccc1NC(=O)CSc1cccc(NC(=O)C2CC2)c1. The summed E-state index contributed by atoms with van der Waals surface area (Å²) in [6.45, 7) is 2.45. The predicted molar refractivity (Wildman–Crippen MR) is 105 cm³/mol. The molecular formula is C20H22N2O3S. The Hall–Kier alpha value is -2.47. The Labute approximate surface area is 157 Å². The zero-order chi connectivity index (χ0) is 18.4. The number of hydrogen-bond donors (Lipinski definition) is 2. The second-order valence-corrected chi connectivity index (χ2v) is 7.11. The predicted octanol–water partition coefficient (Wildman–Crippen LogP) is 4.16. The topological polar surface area (TPSA) is 67.4 Å².